The van der Waals surface area contributed by atoms with Crippen LogP contribution in [0.1, 0.15) is 45.7 Å². The van der Waals surface area contributed by atoms with Gasteiger partial charge in [0, 0.05) is 17.6 Å². The van der Waals surface area contributed by atoms with E-state index in [0.717, 1.165) is 18.4 Å². The van der Waals surface area contributed by atoms with Crippen molar-refractivity contribution in [1.82, 2.24) is 19.9 Å². The number of rotatable bonds is 1. The number of aromatic nitrogens is 3. The molecule has 28 heavy (non-hydrogen) atoms. The monoisotopic (exact) mass is 424 g/mol. The van der Waals surface area contributed by atoms with Gasteiger partial charge in [-0.1, -0.05) is 17.7 Å². The van der Waals surface area contributed by atoms with E-state index < -0.39 is 11.4 Å². The molecule has 148 valence electrons. The molecule has 2 unspecified atom stereocenters. The summed E-state index contributed by atoms with van der Waals surface area (Å²) in [6.07, 6.45) is 5.39. The Morgan fingerprint density at radius 3 is 2.71 bits per heavy atom. The minimum Gasteiger partial charge on any atom is -0.444 e. The number of hydrogen-bond acceptors (Lipinski definition) is 5. The van der Waals surface area contributed by atoms with Gasteiger partial charge in [0.1, 0.15) is 11.1 Å². The highest BCUT2D eigenvalue weighted by molar-refractivity contribution is 6.30. The average molecular weight is 425 g/mol. The molecule has 4 heterocycles. The van der Waals surface area contributed by atoms with Gasteiger partial charge in [-0.25, -0.2) is 24.1 Å². The zero-order valence-electron chi connectivity index (χ0n) is 15.7. The Bertz CT molecular complexity index is 1010. The van der Waals surface area contributed by atoms with Gasteiger partial charge in [0.2, 0.25) is 5.28 Å². The summed E-state index contributed by atoms with van der Waals surface area (Å²) in [4.78, 5) is 26.6. The van der Waals surface area contributed by atoms with E-state index in [1.165, 1.54) is 6.20 Å². The van der Waals surface area contributed by atoms with Crippen molar-refractivity contribution in [2.45, 2.75) is 57.7 Å². The SMILES string of the molecule is CC(C)(C)OC(=O)N1C2C=C(c3nc(Cl)nc4c(F)c(Cl)ncc34)CC1CC2. The summed E-state index contributed by atoms with van der Waals surface area (Å²) < 4.78 is 19.9. The largest absolute Gasteiger partial charge is 0.444 e. The molecule has 2 aliphatic heterocycles. The normalized spacial score (nSPS) is 21.8. The standard InChI is InChI=1S/C19H19Cl2FN4O2/c1-19(2,3)28-18(27)26-10-4-5-11(26)7-9(6-10)14-12-8-23-16(20)13(22)15(12)25-17(21)24-14/h6,8,10-11H,4-5,7H2,1-3H3. The zero-order chi connectivity index (χ0) is 20.2. The third-order valence-electron chi connectivity index (χ3n) is 4.92. The molecule has 1 saturated heterocycles. The van der Waals surface area contributed by atoms with Gasteiger partial charge in [-0.3, -0.25) is 4.90 Å². The van der Waals surface area contributed by atoms with Crippen molar-refractivity contribution in [2.75, 3.05) is 0 Å². The number of ether oxygens (including phenoxy) is 1. The molecule has 0 aliphatic carbocycles. The second-order valence-corrected chi connectivity index (χ2v) is 8.74. The van der Waals surface area contributed by atoms with E-state index in [2.05, 4.69) is 15.0 Å². The second kappa shape index (κ2) is 6.81. The molecular weight excluding hydrogens is 406 g/mol. The molecule has 0 radical (unpaired) electrons. The topological polar surface area (TPSA) is 68.2 Å². The van der Waals surface area contributed by atoms with Crippen LogP contribution in [0.15, 0.2) is 12.3 Å². The molecule has 2 aromatic heterocycles. The first-order valence-corrected chi connectivity index (χ1v) is 9.79. The van der Waals surface area contributed by atoms with Crippen LogP contribution in [0.25, 0.3) is 16.5 Å². The van der Waals surface area contributed by atoms with Crippen LogP contribution in [-0.4, -0.2) is 43.6 Å². The summed E-state index contributed by atoms with van der Waals surface area (Å²) in [5, 5.41) is 0.121. The Morgan fingerprint density at radius 1 is 1.29 bits per heavy atom. The lowest BCUT2D eigenvalue weighted by Gasteiger charge is -2.35. The van der Waals surface area contributed by atoms with Crippen molar-refractivity contribution < 1.29 is 13.9 Å². The van der Waals surface area contributed by atoms with Gasteiger partial charge in [0.05, 0.1) is 11.7 Å². The zero-order valence-corrected chi connectivity index (χ0v) is 17.2. The van der Waals surface area contributed by atoms with Crippen molar-refractivity contribution in [3.05, 3.63) is 34.2 Å². The molecule has 2 atom stereocenters. The minimum atomic E-state index is -0.723. The summed E-state index contributed by atoms with van der Waals surface area (Å²) >= 11 is 11.8. The van der Waals surface area contributed by atoms with Crippen molar-refractivity contribution in [2.24, 2.45) is 0 Å². The number of nitrogens with zero attached hydrogens (tertiary/aromatic N) is 4. The van der Waals surface area contributed by atoms with Crippen LogP contribution < -0.4 is 0 Å². The highest BCUT2D eigenvalue weighted by atomic mass is 35.5. The van der Waals surface area contributed by atoms with Gasteiger partial charge in [-0.05, 0) is 57.2 Å². The number of carbonyl (C=O) groups excluding carboxylic acids is 1. The van der Waals surface area contributed by atoms with Gasteiger partial charge in [-0.15, -0.1) is 0 Å². The molecule has 2 aromatic rings. The van der Waals surface area contributed by atoms with E-state index in [4.69, 9.17) is 27.9 Å². The molecule has 2 aliphatic rings. The highest BCUT2D eigenvalue weighted by Crippen LogP contribution is 2.40. The van der Waals surface area contributed by atoms with Crippen LogP contribution >= 0.6 is 23.2 Å². The lowest BCUT2D eigenvalue weighted by atomic mass is 9.96. The molecule has 1 fully saturated rings. The Balaban J connectivity index is 1.74. The quantitative estimate of drug-likeness (QED) is 0.474. The molecule has 1 amide bonds. The summed E-state index contributed by atoms with van der Waals surface area (Å²) in [6.45, 7) is 5.54. The molecular formula is C19H19Cl2FN4O2. The maximum absolute atomic E-state index is 14.4. The first-order valence-electron chi connectivity index (χ1n) is 9.03. The Kier molecular flexibility index (Phi) is 4.70. The molecule has 6 nitrogen and oxygen atoms in total. The first kappa shape index (κ1) is 19.3. The Labute approximate surface area is 171 Å². The highest BCUT2D eigenvalue weighted by Gasteiger charge is 2.42. The van der Waals surface area contributed by atoms with E-state index >= 15 is 0 Å². The van der Waals surface area contributed by atoms with E-state index in [1.54, 1.807) is 4.90 Å². The second-order valence-electron chi connectivity index (χ2n) is 8.05. The third-order valence-corrected chi connectivity index (χ3v) is 5.35. The maximum Gasteiger partial charge on any atom is 0.411 e. The average Bonchev–Trinajstić information content (AvgIpc) is 2.87. The maximum atomic E-state index is 14.4. The van der Waals surface area contributed by atoms with Crippen molar-refractivity contribution in [3.63, 3.8) is 0 Å². The van der Waals surface area contributed by atoms with Crippen molar-refractivity contribution in [3.8, 4) is 0 Å². The van der Waals surface area contributed by atoms with E-state index in [1.807, 2.05) is 26.8 Å². The lowest BCUT2D eigenvalue weighted by molar-refractivity contribution is 0.0175. The summed E-state index contributed by atoms with van der Waals surface area (Å²) in [6, 6.07) is -0.105. The number of pyridine rings is 1. The van der Waals surface area contributed by atoms with Gasteiger partial charge < -0.3 is 4.74 Å². The van der Waals surface area contributed by atoms with Crippen LogP contribution in [0.3, 0.4) is 0 Å². The Morgan fingerprint density at radius 2 is 2.04 bits per heavy atom. The molecule has 4 rings (SSSR count). The van der Waals surface area contributed by atoms with Crippen LogP contribution in [-0.2, 0) is 4.74 Å². The smallest absolute Gasteiger partial charge is 0.411 e. The van der Waals surface area contributed by atoms with E-state index in [-0.39, 0.29) is 34.1 Å². The molecule has 9 heteroatoms. The van der Waals surface area contributed by atoms with Crippen LogP contribution in [0.2, 0.25) is 10.4 Å². The predicted octanol–water partition coefficient (Wildman–Crippen LogP) is 5.03. The molecule has 0 N–H and O–H groups in total. The molecule has 0 aromatic carbocycles. The van der Waals surface area contributed by atoms with Gasteiger partial charge >= 0.3 is 6.09 Å². The minimum absolute atomic E-state index is 0.00579. The fraction of sp³-hybridized carbons (Fsp3) is 0.474. The van der Waals surface area contributed by atoms with E-state index in [9.17, 15) is 9.18 Å². The first-order chi connectivity index (χ1) is 13.1. The lowest BCUT2D eigenvalue weighted by Crippen LogP contribution is -2.45. The summed E-state index contributed by atoms with van der Waals surface area (Å²) in [7, 11) is 0. The van der Waals surface area contributed by atoms with Crippen LogP contribution in [0.5, 0.6) is 0 Å². The fourth-order valence-electron chi connectivity index (χ4n) is 3.86. The summed E-state index contributed by atoms with van der Waals surface area (Å²) in [5.41, 5.74) is 0.904. The van der Waals surface area contributed by atoms with Crippen molar-refractivity contribution >= 4 is 45.8 Å². The molecule has 0 saturated carbocycles. The van der Waals surface area contributed by atoms with Crippen LogP contribution in [0.4, 0.5) is 9.18 Å². The number of hydrogen-bond donors (Lipinski definition) is 0. The van der Waals surface area contributed by atoms with Gasteiger partial charge in [0.15, 0.2) is 11.0 Å². The number of amides is 1. The van der Waals surface area contributed by atoms with Gasteiger partial charge in [0.25, 0.3) is 0 Å². The predicted molar refractivity (Wildman–Crippen MR) is 105 cm³/mol. The van der Waals surface area contributed by atoms with Crippen LogP contribution in [0, 0.1) is 5.82 Å². The Hall–Kier alpha value is -1.99. The van der Waals surface area contributed by atoms with Crippen molar-refractivity contribution in [1.29, 1.82) is 0 Å². The third kappa shape index (κ3) is 3.42. The molecule has 2 bridgehead atoms. The fourth-order valence-corrected chi connectivity index (χ4v) is 4.16. The van der Waals surface area contributed by atoms with Gasteiger partial charge in [-0.2, -0.15) is 0 Å². The molecule has 0 spiro atoms. The number of fused-ring (bicyclic) bond motifs is 3. The number of halogens is 3. The number of carbonyl (C=O) groups is 1. The van der Waals surface area contributed by atoms with E-state index in [0.29, 0.717) is 17.5 Å². The summed E-state index contributed by atoms with van der Waals surface area (Å²) in [5.74, 6) is -0.723.